The van der Waals surface area contributed by atoms with Crippen LogP contribution in [0.15, 0.2) is 36.8 Å². The molecular weight excluding hydrogens is 332 g/mol. The third kappa shape index (κ3) is 3.11. The lowest BCUT2D eigenvalue weighted by atomic mass is 10.1. The molecule has 2 N–H and O–H groups in total. The standard InChI is InChI=1S/C19H22N4O3/c1-25-16-5-4-13(9-14(16)12-24)18-19(21-10-15-3-2-8-26-15)23-7-6-20-11-17(23)22-18/h4-7,9,11,15,21,24H,2-3,8,10,12H2,1H3. The number of benzene rings is 1. The van der Waals surface area contributed by atoms with Crippen molar-refractivity contribution >= 4 is 11.5 Å². The molecule has 2 aromatic heterocycles. The number of hydrogen-bond donors (Lipinski definition) is 2. The molecule has 1 aliphatic heterocycles. The Morgan fingerprint density at radius 1 is 1.42 bits per heavy atom. The number of methoxy groups -OCH3 is 1. The second-order valence-corrected chi connectivity index (χ2v) is 6.31. The maximum absolute atomic E-state index is 9.63. The van der Waals surface area contributed by atoms with Crippen molar-refractivity contribution in [2.24, 2.45) is 0 Å². The van der Waals surface area contributed by atoms with E-state index in [-0.39, 0.29) is 12.7 Å². The maximum atomic E-state index is 9.63. The summed E-state index contributed by atoms with van der Waals surface area (Å²) in [6.45, 7) is 1.46. The van der Waals surface area contributed by atoms with Crippen LogP contribution in [0.25, 0.3) is 16.9 Å². The summed E-state index contributed by atoms with van der Waals surface area (Å²) in [5, 5.41) is 13.1. The van der Waals surface area contributed by atoms with Crippen molar-refractivity contribution in [2.45, 2.75) is 25.6 Å². The first-order chi connectivity index (χ1) is 12.8. The number of aliphatic hydroxyl groups excluding tert-OH is 1. The Labute approximate surface area is 151 Å². The van der Waals surface area contributed by atoms with Crippen molar-refractivity contribution in [3.63, 3.8) is 0 Å². The van der Waals surface area contributed by atoms with E-state index < -0.39 is 0 Å². The minimum absolute atomic E-state index is 0.0926. The summed E-state index contributed by atoms with van der Waals surface area (Å²) in [6, 6.07) is 5.71. The van der Waals surface area contributed by atoms with E-state index in [0.717, 1.165) is 54.3 Å². The Morgan fingerprint density at radius 3 is 3.12 bits per heavy atom. The lowest BCUT2D eigenvalue weighted by molar-refractivity contribution is 0.120. The van der Waals surface area contributed by atoms with Crippen molar-refractivity contribution in [1.82, 2.24) is 14.4 Å². The van der Waals surface area contributed by atoms with Gasteiger partial charge >= 0.3 is 0 Å². The highest BCUT2D eigenvalue weighted by Gasteiger charge is 2.19. The molecule has 0 bridgehead atoms. The molecule has 0 aliphatic carbocycles. The summed E-state index contributed by atoms with van der Waals surface area (Å²) in [7, 11) is 1.60. The Morgan fingerprint density at radius 2 is 2.35 bits per heavy atom. The van der Waals surface area contributed by atoms with Crippen molar-refractivity contribution in [3.05, 3.63) is 42.4 Å². The lowest BCUT2D eigenvalue weighted by Crippen LogP contribution is -2.19. The van der Waals surface area contributed by atoms with Gasteiger partial charge in [-0.1, -0.05) is 0 Å². The molecular formula is C19H22N4O3. The highest BCUT2D eigenvalue weighted by Crippen LogP contribution is 2.32. The summed E-state index contributed by atoms with van der Waals surface area (Å²) in [4.78, 5) is 8.90. The van der Waals surface area contributed by atoms with Crippen molar-refractivity contribution in [3.8, 4) is 17.0 Å². The van der Waals surface area contributed by atoms with Gasteiger partial charge in [0.2, 0.25) is 0 Å². The average Bonchev–Trinajstić information content (AvgIpc) is 3.33. The normalized spacial score (nSPS) is 16.9. The minimum atomic E-state index is -0.0926. The molecule has 1 atom stereocenters. The molecule has 4 rings (SSSR count). The molecule has 3 heterocycles. The van der Waals surface area contributed by atoms with Crippen molar-refractivity contribution < 1.29 is 14.6 Å². The Bertz CT molecular complexity index is 903. The van der Waals surface area contributed by atoms with Gasteiger partial charge in [0.25, 0.3) is 0 Å². The molecule has 7 heteroatoms. The zero-order valence-corrected chi connectivity index (χ0v) is 14.7. The molecule has 0 saturated carbocycles. The van der Waals surface area contributed by atoms with Crippen LogP contribution in [0, 0.1) is 0 Å². The van der Waals surface area contributed by atoms with Crippen LogP contribution in [-0.2, 0) is 11.3 Å². The molecule has 7 nitrogen and oxygen atoms in total. The first-order valence-corrected chi connectivity index (χ1v) is 8.76. The van der Waals surface area contributed by atoms with Crippen LogP contribution in [0.1, 0.15) is 18.4 Å². The fourth-order valence-electron chi connectivity index (χ4n) is 3.34. The van der Waals surface area contributed by atoms with Gasteiger partial charge in [-0.25, -0.2) is 4.98 Å². The van der Waals surface area contributed by atoms with E-state index in [9.17, 15) is 5.11 Å². The van der Waals surface area contributed by atoms with E-state index >= 15 is 0 Å². The predicted octanol–water partition coefficient (Wildman–Crippen LogP) is 2.49. The van der Waals surface area contributed by atoms with Gasteiger partial charge in [0.15, 0.2) is 5.65 Å². The number of ether oxygens (including phenoxy) is 2. The molecule has 136 valence electrons. The second kappa shape index (κ2) is 7.31. The number of nitrogens with one attached hydrogen (secondary N) is 1. The summed E-state index contributed by atoms with van der Waals surface area (Å²) in [5.41, 5.74) is 3.21. The van der Waals surface area contributed by atoms with Crippen molar-refractivity contribution in [1.29, 1.82) is 0 Å². The van der Waals surface area contributed by atoms with Crippen LogP contribution in [0.5, 0.6) is 5.75 Å². The fourth-order valence-corrected chi connectivity index (χ4v) is 3.34. The van der Waals surface area contributed by atoms with E-state index in [4.69, 9.17) is 14.5 Å². The first-order valence-electron chi connectivity index (χ1n) is 8.76. The van der Waals surface area contributed by atoms with Gasteiger partial charge < -0.3 is 19.9 Å². The van der Waals surface area contributed by atoms with E-state index in [1.54, 1.807) is 19.5 Å². The van der Waals surface area contributed by atoms with Crippen LogP contribution in [0.2, 0.25) is 0 Å². The van der Waals surface area contributed by atoms with Crippen LogP contribution in [-0.4, -0.2) is 45.8 Å². The summed E-state index contributed by atoms with van der Waals surface area (Å²) >= 11 is 0. The zero-order chi connectivity index (χ0) is 17.9. The maximum Gasteiger partial charge on any atom is 0.157 e. The van der Waals surface area contributed by atoms with Gasteiger partial charge in [-0.15, -0.1) is 0 Å². The Hall–Kier alpha value is -2.64. The first kappa shape index (κ1) is 16.8. The SMILES string of the molecule is COc1ccc(-c2nc3cnccn3c2NCC2CCCO2)cc1CO. The summed E-state index contributed by atoms with van der Waals surface area (Å²) in [6.07, 6.45) is 7.76. The number of rotatable bonds is 6. The number of imidazole rings is 1. The topological polar surface area (TPSA) is 80.9 Å². The Kier molecular flexibility index (Phi) is 4.73. The molecule has 1 aromatic carbocycles. The molecule has 1 unspecified atom stereocenters. The van der Waals surface area contributed by atoms with E-state index in [1.165, 1.54) is 0 Å². The summed E-state index contributed by atoms with van der Waals surface area (Å²) in [5.74, 6) is 1.56. The van der Waals surface area contributed by atoms with Gasteiger partial charge in [-0.2, -0.15) is 0 Å². The smallest absolute Gasteiger partial charge is 0.157 e. The molecule has 26 heavy (non-hydrogen) atoms. The summed E-state index contributed by atoms with van der Waals surface area (Å²) < 4.78 is 13.0. The molecule has 0 radical (unpaired) electrons. The molecule has 1 saturated heterocycles. The van der Waals surface area contributed by atoms with Crippen LogP contribution in [0.3, 0.4) is 0 Å². The van der Waals surface area contributed by atoms with Gasteiger partial charge in [0.1, 0.15) is 17.3 Å². The van der Waals surface area contributed by atoms with Crippen LogP contribution in [0.4, 0.5) is 5.82 Å². The number of anilines is 1. The fraction of sp³-hybridized carbons (Fsp3) is 0.368. The van der Waals surface area contributed by atoms with E-state index in [1.807, 2.05) is 28.8 Å². The Balaban J connectivity index is 1.74. The largest absolute Gasteiger partial charge is 0.496 e. The molecule has 3 aromatic rings. The van der Waals surface area contributed by atoms with E-state index in [2.05, 4.69) is 10.3 Å². The number of fused-ring (bicyclic) bond motifs is 1. The van der Waals surface area contributed by atoms with E-state index in [0.29, 0.717) is 5.75 Å². The number of aliphatic hydroxyl groups is 1. The lowest BCUT2D eigenvalue weighted by Gasteiger charge is -2.14. The minimum Gasteiger partial charge on any atom is -0.496 e. The van der Waals surface area contributed by atoms with Gasteiger partial charge in [0, 0.05) is 36.7 Å². The quantitative estimate of drug-likeness (QED) is 0.708. The highest BCUT2D eigenvalue weighted by molar-refractivity contribution is 5.77. The zero-order valence-electron chi connectivity index (χ0n) is 14.7. The average molecular weight is 354 g/mol. The molecule has 0 spiro atoms. The third-order valence-corrected chi connectivity index (χ3v) is 4.68. The van der Waals surface area contributed by atoms with Gasteiger partial charge in [-0.05, 0) is 31.0 Å². The van der Waals surface area contributed by atoms with Crippen LogP contribution >= 0.6 is 0 Å². The van der Waals surface area contributed by atoms with Gasteiger partial charge in [0.05, 0.1) is 26.0 Å². The molecule has 1 fully saturated rings. The number of hydrogen-bond acceptors (Lipinski definition) is 6. The van der Waals surface area contributed by atoms with Crippen molar-refractivity contribution in [2.75, 3.05) is 25.6 Å². The van der Waals surface area contributed by atoms with Crippen LogP contribution < -0.4 is 10.1 Å². The third-order valence-electron chi connectivity index (χ3n) is 4.68. The highest BCUT2D eigenvalue weighted by atomic mass is 16.5. The monoisotopic (exact) mass is 354 g/mol. The molecule has 0 amide bonds. The number of nitrogens with zero attached hydrogens (tertiary/aromatic N) is 3. The second-order valence-electron chi connectivity index (χ2n) is 6.31. The van der Waals surface area contributed by atoms with Gasteiger partial charge in [-0.3, -0.25) is 9.38 Å². The molecule has 1 aliphatic rings. The number of aromatic nitrogens is 3. The predicted molar refractivity (Wildman–Crippen MR) is 98.4 cm³/mol.